The summed E-state index contributed by atoms with van der Waals surface area (Å²) in [5.74, 6) is -1.92. The molecule has 0 aromatic heterocycles. The van der Waals surface area contributed by atoms with E-state index in [0.717, 1.165) is 6.07 Å². The van der Waals surface area contributed by atoms with E-state index in [1.165, 1.54) is 12.1 Å². The fourth-order valence-electron chi connectivity index (χ4n) is 1.27. The molecule has 0 bridgehead atoms. The van der Waals surface area contributed by atoms with Gasteiger partial charge in [0.1, 0.15) is 5.82 Å². The van der Waals surface area contributed by atoms with Crippen molar-refractivity contribution >= 4 is 17.6 Å². The Morgan fingerprint density at radius 3 is 2.81 bits per heavy atom. The molecule has 16 heavy (non-hydrogen) atoms. The van der Waals surface area contributed by atoms with Crippen LogP contribution >= 0.6 is 11.6 Å². The number of carbonyl (C=O) groups is 1. The largest absolute Gasteiger partial charge is 0.479 e. The van der Waals surface area contributed by atoms with Gasteiger partial charge in [-0.2, -0.15) is 0 Å². The predicted octanol–water partition coefficient (Wildman–Crippen LogP) is 3.03. The van der Waals surface area contributed by atoms with Crippen molar-refractivity contribution in [2.24, 2.45) is 0 Å². The normalized spacial score (nSPS) is 12.4. The molecule has 5 heteroatoms. The van der Waals surface area contributed by atoms with E-state index < -0.39 is 17.9 Å². The van der Waals surface area contributed by atoms with E-state index in [9.17, 15) is 9.18 Å². The minimum absolute atomic E-state index is 0.0588. The standard InChI is InChI=1S/C11H12ClFO3/c1-2-6-16-10(11(14)15)9-7(12)4-3-5-8(9)13/h3-5,10H,2,6H2,1H3,(H,14,15). The van der Waals surface area contributed by atoms with Gasteiger partial charge in [-0.25, -0.2) is 9.18 Å². The maximum Gasteiger partial charge on any atom is 0.337 e. The van der Waals surface area contributed by atoms with Crippen LogP contribution in [0.25, 0.3) is 0 Å². The summed E-state index contributed by atoms with van der Waals surface area (Å²) in [5, 5.41) is 9.01. The number of carboxylic acids is 1. The number of aliphatic carboxylic acids is 1. The Labute approximate surface area is 97.8 Å². The highest BCUT2D eigenvalue weighted by atomic mass is 35.5. The molecule has 0 amide bonds. The zero-order valence-corrected chi connectivity index (χ0v) is 9.50. The van der Waals surface area contributed by atoms with Gasteiger partial charge >= 0.3 is 5.97 Å². The second kappa shape index (κ2) is 5.82. The molecule has 0 saturated carbocycles. The maximum absolute atomic E-state index is 13.5. The highest BCUT2D eigenvalue weighted by Crippen LogP contribution is 2.28. The molecule has 0 spiro atoms. The molecule has 88 valence electrons. The number of ether oxygens (including phenoxy) is 1. The Bertz CT molecular complexity index is 361. The Hall–Kier alpha value is -1.13. The van der Waals surface area contributed by atoms with Crippen LogP contribution < -0.4 is 0 Å². The number of rotatable bonds is 5. The molecule has 3 nitrogen and oxygen atoms in total. The quantitative estimate of drug-likeness (QED) is 0.869. The van der Waals surface area contributed by atoms with Crippen LogP contribution in [0.15, 0.2) is 18.2 Å². The van der Waals surface area contributed by atoms with Crippen molar-refractivity contribution in [3.63, 3.8) is 0 Å². The Morgan fingerprint density at radius 1 is 1.62 bits per heavy atom. The van der Waals surface area contributed by atoms with Crippen molar-refractivity contribution in [3.8, 4) is 0 Å². The molecule has 1 aromatic rings. The predicted molar refractivity (Wildman–Crippen MR) is 58.0 cm³/mol. The average molecular weight is 247 g/mol. The van der Waals surface area contributed by atoms with Crippen molar-refractivity contribution in [2.75, 3.05) is 6.61 Å². The van der Waals surface area contributed by atoms with Gasteiger partial charge in [0, 0.05) is 17.2 Å². The number of benzene rings is 1. The van der Waals surface area contributed by atoms with E-state index in [1.807, 2.05) is 6.92 Å². The molecule has 1 N–H and O–H groups in total. The van der Waals surface area contributed by atoms with Crippen LogP contribution in [0.2, 0.25) is 5.02 Å². The first-order chi connectivity index (χ1) is 7.57. The third-order valence-corrected chi connectivity index (χ3v) is 2.30. The lowest BCUT2D eigenvalue weighted by Gasteiger charge is -2.15. The zero-order valence-electron chi connectivity index (χ0n) is 8.74. The zero-order chi connectivity index (χ0) is 12.1. The molecule has 0 saturated heterocycles. The highest BCUT2D eigenvalue weighted by molar-refractivity contribution is 6.31. The van der Waals surface area contributed by atoms with E-state index in [1.54, 1.807) is 0 Å². The van der Waals surface area contributed by atoms with E-state index in [2.05, 4.69) is 0 Å². The van der Waals surface area contributed by atoms with E-state index in [4.69, 9.17) is 21.4 Å². The van der Waals surface area contributed by atoms with Crippen LogP contribution in [0.4, 0.5) is 4.39 Å². The summed E-state index contributed by atoms with van der Waals surface area (Å²) in [7, 11) is 0. The first-order valence-corrected chi connectivity index (χ1v) is 5.24. The highest BCUT2D eigenvalue weighted by Gasteiger charge is 2.26. The number of hydrogen-bond donors (Lipinski definition) is 1. The topological polar surface area (TPSA) is 46.5 Å². The van der Waals surface area contributed by atoms with Gasteiger partial charge < -0.3 is 9.84 Å². The van der Waals surface area contributed by atoms with Gasteiger partial charge in [-0.15, -0.1) is 0 Å². The first kappa shape index (κ1) is 12.9. The van der Waals surface area contributed by atoms with Crippen LogP contribution in [-0.4, -0.2) is 17.7 Å². The second-order valence-corrected chi connectivity index (χ2v) is 3.63. The Kier molecular flexibility index (Phi) is 4.71. The molecule has 1 aromatic carbocycles. The summed E-state index contributed by atoms with van der Waals surface area (Å²) in [6, 6.07) is 4.01. The van der Waals surface area contributed by atoms with Crippen LogP contribution in [0.1, 0.15) is 25.0 Å². The van der Waals surface area contributed by atoms with Gasteiger partial charge in [0.2, 0.25) is 0 Å². The lowest BCUT2D eigenvalue weighted by Crippen LogP contribution is -2.17. The summed E-state index contributed by atoms with van der Waals surface area (Å²) in [4.78, 5) is 11.0. The van der Waals surface area contributed by atoms with Gasteiger partial charge in [-0.1, -0.05) is 24.6 Å². The van der Waals surface area contributed by atoms with Crippen LogP contribution in [0.3, 0.4) is 0 Å². The minimum atomic E-state index is -1.35. The SMILES string of the molecule is CCCOC(C(=O)O)c1c(F)cccc1Cl. The number of hydrogen-bond acceptors (Lipinski definition) is 2. The van der Waals surface area contributed by atoms with E-state index in [0.29, 0.717) is 6.42 Å². The lowest BCUT2D eigenvalue weighted by molar-refractivity contribution is -0.151. The smallest absolute Gasteiger partial charge is 0.337 e. The fourth-order valence-corrected chi connectivity index (χ4v) is 1.54. The van der Waals surface area contributed by atoms with Gasteiger partial charge in [-0.3, -0.25) is 0 Å². The van der Waals surface area contributed by atoms with Crippen molar-refractivity contribution in [3.05, 3.63) is 34.6 Å². The molecule has 0 aliphatic heterocycles. The summed E-state index contributed by atoms with van der Waals surface area (Å²) < 4.78 is 18.5. The van der Waals surface area contributed by atoms with Gasteiger partial charge in [0.25, 0.3) is 0 Å². The van der Waals surface area contributed by atoms with Gasteiger partial charge in [-0.05, 0) is 18.6 Å². The average Bonchev–Trinajstić information content (AvgIpc) is 2.21. The number of halogens is 2. The van der Waals surface area contributed by atoms with Crippen molar-refractivity contribution in [2.45, 2.75) is 19.4 Å². The molecule has 1 atom stereocenters. The molecular weight excluding hydrogens is 235 g/mol. The molecule has 1 rings (SSSR count). The molecular formula is C11H12ClFO3. The molecule has 0 heterocycles. The van der Waals surface area contributed by atoms with Crippen LogP contribution in [0, 0.1) is 5.82 Å². The summed E-state index contributed by atoms with van der Waals surface area (Å²) in [6.07, 6.45) is -0.704. The van der Waals surface area contributed by atoms with E-state index in [-0.39, 0.29) is 17.2 Å². The third kappa shape index (κ3) is 2.93. The molecule has 1 unspecified atom stereocenters. The summed E-state index contributed by atoms with van der Waals surface area (Å²) >= 11 is 5.76. The molecule has 0 aliphatic carbocycles. The van der Waals surface area contributed by atoms with Crippen LogP contribution in [-0.2, 0) is 9.53 Å². The van der Waals surface area contributed by atoms with Crippen molar-refractivity contribution in [1.82, 2.24) is 0 Å². The minimum Gasteiger partial charge on any atom is -0.479 e. The Morgan fingerprint density at radius 2 is 2.31 bits per heavy atom. The van der Waals surface area contributed by atoms with Crippen molar-refractivity contribution < 1.29 is 19.0 Å². The number of carboxylic acid groups (broad SMARTS) is 1. The summed E-state index contributed by atoms with van der Waals surface area (Å²) in [6.45, 7) is 2.07. The molecule has 0 aliphatic rings. The monoisotopic (exact) mass is 246 g/mol. The van der Waals surface area contributed by atoms with Crippen molar-refractivity contribution in [1.29, 1.82) is 0 Å². The maximum atomic E-state index is 13.5. The molecule has 0 radical (unpaired) electrons. The van der Waals surface area contributed by atoms with E-state index >= 15 is 0 Å². The third-order valence-electron chi connectivity index (χ3n) is 1.97. The van der Waals surface area contributed by atoms with Crippen LogP contribution in [0.5, 0.6) is 0 Å². The Balaban J connectivity index is 3.05. The van der Waals surface area contributed by atoms with Gasteiger partial charge in [0.05, 0.1) is 0 Å². The summed E-state index contributed by atoms with van der Waals surface area (Å²) in [5.41, 5.74) is -0.120. The molecule has 0 fully saturated rings. The fraction of sp³-hybridized carbons (Fsp3) is 0.364. The lowest BCUT2D eigenvalue weighted by atomic mass is 10.1. The van der Waals surface area contributed by atoms with Gasteiger partial charge in [0.15, 0.2) is 6.10 Å². The second-order valence-electron chi connectivity index (χ2n) is 3.22. The first-order valence-electron chi connectivity index (χ1n) is 4.86.